The quantitative estimate of drug-likeness (QED) is 0.848. The maximum Gasteiger partial charge on any atom is 0.306 e. The fourth-order valence-corrected chi connectivity index (χ4v) is 1.93. The number of aliphatic carboxylic acids is 1. The van der Waals surface area contributed by atoms with Crippen LogP contribution < -0.4 is 9.47 Å². The van der Waals surface area contributed by atoms with E-state index in [0.29, 0.717) is 6.61 Å². The highest BCUT2D eigenvalue weighted by atomic mass is 16.5. The summed E-state index contributed by atoms with van der Waals surface area (Å²) in [6.07, 6.45) is 0. The van der Waals surface area contributed by atoms with Gasteiger partial charge < -0.3 is 14.6 Å². The predicted molar refractivity (Wildman–Crippen MR) is 58.0 cm³/mol. The van der Waals surface area contributed by atoms with Crippen LogP contribution in [0.4, 0.5) is 0 Å². The van der Waals surface area contributed by atoms with Crippen LogP contribution in [0.15, 0.2) is 18.2 Å². The lowest BCUT2D eigenvalue weighted by Gasteiger charge is -2.13. The van der Waals surface area contributed by atoms with Crippen molar-refractivity contribution < 1.29 is 19.4 Å². The van der Waals surface area contributed by atoms with Crippen molar-refractivity contribution in [3.63, 3.8) is 0 Å². The SMILES string of the molecule is COc1ccc2c(c1)C(C(C)C(=O)O)CO2. The third-order valence-electron chi connectivity index (χ3n) is 3.03. The zero-order valence-electron chi connectivity index (χ0n) is 9.27. The normalized spacial score (nSPS) is 19.8. The van der Waals surface area contributed by atoms with E-state index < -0.39 is 11.9 Å². The van der Waals surface area contributed by atoms with Gasteiger partial charge in [0.1, 0.15) is 11.5 Å². The third kappa shape index (κ3) is 1.71. The third-order valence-corrected chi connectivity index (χ3v) is 3.03. The van der Waals surface area contributed by atoms with E-state index in [1.165, 1.54) is 0 Å². The van der Waals surface area contributed by atoms with Crippen molar-refractivity contribution in [3.05, 3.63) is 23.8 Å². The van der Waals surface area contributed by atoms with Crippen LogP contribution in [0.5, 0.6) is 11.5 Å². The predicted octanol–water partition coefficient (Wildman–Crippen LogP) is 1.89. The van der Waals surface area contributed by atoms with E-state index in [0.717, 1.165) is 17.1 Å². The van der Waals surface area contributed by atoms with Gasteiger partial charge in [-0.1, -0.05) is 6.92 Å². The number of benzene rings is 1. The molecule has 0 aliphatic carbocycles. The first kappa shape index (κ1) is 10.8. The molecule has 1 heterocycles. The van der Waals surface area contributed by atoms with Gasteiger partial charge in [0, 0.05) is 11.5 Å². The molecular formula is C12H14O4. The monoisotopic (exact) mass is 222 g/mol. The zero-order chi connectivity index (χ0) is 11.7. The first-order chi connectivity index (χ1) is 7.63. The van der Waals surface area contributed by atoms with Gasteiger partial charge in [0.2, 0.25) is 0 Å². The molecule has 1 aromatic carbocycles. The number of hydrogen-bond acceptors (Lipinski definition) is 3. The van der Waals surface area contributed by atoms with Crippen LogP contribution in [0.1, 0.15) is 18.4 Å². The van der Waals surface area contributed by atoms with Gasteiger partial charge in [-0.2, -0.15) is 0 Å². The van der Waals surface area contributed by atoms with Gasteiger partial charge in [-0.3, -0.25) is 4.79 Å². The summed E-state index contributed by atoms with van der Waals surface area (Å²) in [7, 11) is 1.59. The number of carboxylic acid groups (broad SMARTS) is 1. The number of carboxylic acids is 1. The van der Waals surface area contributed by atoms with Crippen molar-refractivity contribution in [1.82, 2.24) is 0 Å². The van der Waals surface area contributed by atoms with Crippen LogP contribution in [-0.4, -0.2) is 24.8 Å². The van der Waals surface area contributed by atoms with Gasteiger partial charge in [-0.25, -0.2) is 0 Å². The minimum atomic E-state index is -0.802. The second-order valence-electron chi connectivity index (χ2n) is 3.95. The molecule has 4 nitrogen and oxygen atoms in total. The Hall–Kier alpha value is -1.71. The second-order valence-corrected chi connectivity index (χ2v) is 3.95. The molecule has 2 rings (SSSR count). The lowest BCUT2D eigenvalue weighted by Crippen LogP contribution is -2.20. The van der Waals surface area contributed by atoms with Crippen molar-refractivity contribution in [1.29, 1.82) is 0 Å². The molecule has 1 aliphatic heterocycles. The molecule has 0 saturated heterocycles. The topological polar surface area (TPSA) is 55.8 Å². The van der Waals surface area contributed by atoms with Crippen LogP contribution in [0, 0.1) is 5.92 Å². The average Bonchev–Trinajstić information content (AvgIpc) is 2.70. The Labute approximate surface area is 93.8 Å². The lowest BCUT2D eigenvalue weighted by atomic mass is 9.89. The molecule has 0 saturated carbocycles. The van der Waals surface area contributed by atoms with Crippen molar-refractivity contribution in [2.45, 2.75) is 12.8 Å². The number of fused-ring (bicyclic) bond motifs is 1. The van der Waals surface area contributed by atoms with Gasteiger partial charge >= 0.3 is 5.97 Å². The smallest absolute Gasteiger partial charge is 0.306 e. The molecule has 0 amide bonds. The molecule has 0 radical (unpaired) electrons. The van der Waals surface area contributed by atoms with Crippen molar-refractivity contribution >= 4 is 5.97 Å². The van der Waals surface area contributed by atoms with Gasteiger partial charge in [-0.15, -0.1) is 0 Å². The molecule has 1 N–H and O–H groups in total. The Bertz CT molecular complexity index is 413. The molecular weight excluding hydrogens is 208 g/mol. The maximum atomic E-state index is 11.0. The Kier molecular flexibility index (Phi) is 2.73. The van der Waals surface area contributed by atoms with Crippen molar-refractivity contribution in [3.8, 4) is 11.5 Å². The Morgan fingerprint density at radius 1 is 1.62 bits per heavy atom. The zero-order valence-corrected chi connectivity index (χ0v) is 9.27. The Morgan fingerprint density at radius 3 is 3.00 bits per heavy atom. The first-order valence-corrected chi connectivity index (χ1v) is 5.17. The summed E-state index contributed by atoms with van der Waals surface area (Å²) in [6, 6.07) is 5.49. The van der Waals surface area contributed by atoms with E-state index in [1.807, 2.05) is 18.2 Å². The minimum absolute atomic E-state index is 0.0948. The summed E-state index contributed by atoms with van der Waals surface area (Å²) in [4.78, 5) is 11.0. The van der Waals surface area contributed by atoms with E-state index in [2.05, 4.69) is 0 Å². The molecule has 4 heteroatoms. The fourth-order valence-electron chi connectivity index (χ4n) is 1.93. The van der Waals surface area contributed by atoms with Crippen LogP contribution in [0.2, 0.25) is 0 Å². The summed E-state index contributed by atoms with van der Waals surface area (Å²) in [5.41, 5.74) is 0.925. The highest BCUT2D eigenvalue weighted by Crippen LogP contribution is 2.40. The number of methoxy groups -OCH3 is 1. The highest BCUT2D eigenvalue weighted by molar-refractivity contribution is 5.71. The number of carbonyl (C=O) groups is 1. The second kappa shape index (κ2) is 4.04. The van der Waals surface area contributed by atoms with Gasteiger partial charge in [0.25, 0.3) is 0 Å². The number of hydrogen-bond donors (Lipinski definition) is 1. The maximum absolute atomic E-state index is 11.0. The van der Waals surface area contributed by atoms with E-state index in [1.54, 1.807) is 14.0 Å². The highest BCUT2D eigenvalue weighted by Gasteiger charge is 2.33. The number of rotatable bonds is 3. The fraction of sp³-hybridized carbons (Fsp3) is 0.417. The molecule has 1 aromatic rings. The van der Waals surface area contributed by atoms with Crippen LogP contribution >= 0.6 is 0 Å². The molecule has 0 spiro atoms. The lowest BCUT2D eigenvalue weighted by molar-refractivity contribution is -0.142. The molecule has 86 valence electrons. The Morgan fingerprint density at radius 2 is 2.38 bits per heavy atom. The standard InChI is InChI=1S/C12H14O4/c1-7(12(13)14)10-6-16-11-4-3-8(15-2)5-9(10)11/h3-5,7,10H,6H2,1-2H3,(H,13,14). The molecule has 1 aliphatic rings. The summed E-state index contributed by atoms with van der Waals surface area (Å²) in [5.74, 6) is 0.144. The largest absolute Gasteiger partial charge is 0.497 e. The molecule has 0 aromatic heterocycles. The molecule has 0 bridgehead atoms. The summed E-state index contributed by atoms with van der Waals surface area (Å²) in [5, 5.41) is 9.01. The average molecular weight is 222 g/mol. The molecule has 2 unspecified atom stereocenters. The first-order valence-electron chi connectivity index (χ1n) is 5.17. The van der Waals surface area contributed by atoms with E-state index in [9.17, 15) is 4.79 Å². The van der Waals surface area contributed by atoms with Gasteiger partial charge in [0.05, 0.1) is 19.6 Å². The van der Waals surface area contributed by atoms with E-state index in [-0.39, 0.29) is 5.92 Å². The summed E-state index contributed by atoms with van der Waals surface area (Å²) in [6.45, 7) is 2.13. The Balaban J connectivity index is 2.34. The van der Waals surface area contributed by atoms with Crippen LogP contribution in [0.25, 0.3) is 0 Å². The van der Waals surface area contributed by atoms with Gasteiger partial charge in [-0.05, 0) is 18.2 Å². The number of ether oxygens (including phenoxy) is 2. The van der Waals surface area contributed by atoms with Crippen molar-refractivity contribution in [2.24, 2.45) is 5.92 Å². The molecule has 16 heavy (non-hydrogen) atoms. The summed E-state index contributed by atoms with van der Waals surface area (Å²) < 4.78 is 10.6. The molecule has 2 atom stereocenters. The van der Waals surface area contributed by atoms with Gasteiger partial charge in [0.15, 0.2) is 0 Å². The van der Waals surface area contributed by atoms with Crippen LogP contribution in [0.3, 0.4) is 0 Å². The van der Waals surface area contributed by atoms with E-state index >= 15 is 0 Å². The van der Waals surface area contributed by atoms with E-state index in [4.69, 9.17) is 14.6 Å². The molecule has 0 fully saturated rings. The van der Waals surface area contributed by atoms with Crippen molar-refractivity contribution in [2.75, 3.05) is 13.7 Å². The van der Waals surface area contributed by atoms with Crippen LogP contribution in [-0.2, 0) is 4.79 Å². The minimum Gasteiger partial charge on any atom is -0.497 e. The summed E-state index contributed by atoms with van der Waals surface area (Å²) >= 11 is 0.